The number of hydrogen-bond donors (Lipinski definition) is 1. The maximum absolute atomic E-state index is 12.7. The van der Waals surface area contributed by atoms with Gasteiger partial charge in [0.1, 0.15) is 17.2 Å². The molecule has 0 spiro atoms. The van der Waals surface area contributed by atoms with Gasteiger partial charge in [-0.15, -0.1) is 0 Å². The van der Waals surface area contributed by atoms with E-state index in [1.807, 2.05) is 4.90 Å². The zero-order chi connectivity index (χ0) is 18.7. The zero-order valence-electron chi connectivity index (χ0n) is 15.4. The molecule has 142 valence electrons. The topological polar surface area (TPSA) is 78.4 Å². The van der Waals surface area contributed by atoms with Crippen molar-refractivity contribution in [3.05, 3.63) is 22.7 Å². The van der Waals surface area contributed by atoms with Crippen LogP contribution in [0.3, 0.4) is 0 Å². The van der Waals surface area contributed by atoms with Crippen LogP contribution in [0, 0.1) is 12.8 Å². The maximum Gasteiger partial charge on any atom is 0.272 e. The number of rotatable bonds is 3. The number of carbonyl (C=O) groups is 2. The van der Waals surface area contributed by atoms with Gasteiger partial charge in [0, 0.05) is 37.7 Å². The van der Waals surface area contributed by atoms with E-state index in [4.69, 9.17) is 11.6 Å². The molecule has 2 aliphatic rings. The Bertz CT molecular complexity index is 668. The summed E-state index contributed by atoms with van der Waals surface area (Å²) in [6.45, 7) is 5.13. The second-order valence-electron chi connectivity index (χ2n) is 7.09. The van der Waals surface area contributed by atoms with Crippen LogP contribution in [0.4, 0.5) is 0 Å². The third-order valence-corrected chi connectivity index (χ3v) is 6.02. The minimum absolute atomic E-state index is 0.0661. The number of nitrogens with one attached hydrogen (secondary N) is 1. The van der Waals surface area contributed by atoms with Gasteiger partial charge >= 0.3 is 0 Å². The fourth-order valence-corrected chi connectivity index (χ4v) is 4.09. The van der Waals surface area contributed by atoms with Gasteiger partial charge in [-0.25, -0.2) is 9.97 Å². The fraction of sp³-hybridized carbons (Fsp3) is 0.667. The van der Waals surface area contributed by atoms with Crippen molar-refractivity contribution >= 4 is 23.4 Å². The van der Waals surface area contributed by atoms with Crippen LogP contribution < -0.4 is 5.32 Å². The van der Waals surface area contributed by atoms with Crippen LogP contribution in [0.1, 0.15) is 41.7 Å². The molecule has 0 atom stereocenters. The van der Waals surface area contributed by atoms with E-state index in [0.29, 0.717) is 22.5 Å². The molecule has 1 aromatic heterocycles. The van der Waals surface area contributed by atoms with Gasteiger partial charge in [-0.1, -0.05) is 11.6 Å². The molecule has 3 heterocycles. The Labute approximate surface area is 159 Å². The Kier molecular flexibility index (Phi) is 6.09. The third-order valence-electron chi connectivity index (χ3n) is 5.64. The Hall–Kier alpha value is -1.73. The second kappa shape index (κ2) is 8.31. The van der Waals surface area contributed by atoms with Gasteiger partial charge in [-0.3, -0.25) is 9.59 Å². The second-order valence-corrected chi connectivity index (χ2v) is 7.44. The largest absolute Gasteiger partial charge is 0.359 e. The van der Waals surface area contributed by atoms with Crippen molar-refractivity contribution in [1.29, 1.82) is 0 Å². The van der Waals surface area contributed by atoms with Crippen LogP contribution in [0.5, 0.6) is 0 Å². The Morgan fingerprint density at radius 1 is 1.12 bits per heavy atom. The summed E-state index contributed by atoms with van der Waals surface area (Å²) in [5.41, 5.74) is 1.03. The summed E-state index contributed by atoms with van der Waals surface area (Å²) in [5, 5.41) is 3.08. The molecular weight excluding hydrogens is 354 g/mol. The quantitative estimate of drug-likeness (QED) is 0.805. The van der Waals surface area contributed by atoms with Crippen molar-refractivity contribution in [3.8, 4) is 0 Å². The van der Waals surface area contributed by atoms with E-state index < -0.39 is 0 Å². The van der Waals surface area contributed by atoms with Crippen molar-refractivity contribution in [2.24, 2.45) is 5.92 Å². The van der Waals surface area contributed by atoms with Crippen molar-refractivity contribution < 1.29 is 9.59 Å². The zero-order valence-corrected chi connectivity index (χ0v) is 16.1. The Morgan fingerprint density at radius 3 is 2.38 bits per heavy atom. The van der Waals surface area contributed by atoms with Gasteiger partial charge < -0.3 is 15.1 Å². The number of likely N-dealkylation sites (tertiary alicyclic amines) is 2. The molecule has 2 amide bonds. The molecule has 0 aromatic carbocycles. The molecule has 1 N–H and O–H groups in total. The predicted octanol–water partition coefficient (Wildman–Crippen LogP) is 1.50. The van der Waals surface area contributed by atoms with Gasteiger partial charge in [0.15, 0.2) is 0 Å². The van der Waals surface area contributed by atoms with E-state index in [2.05, 4.69) is 20.2 Å². The molecule has 26 heavy (non-hydrogen) atoms. The minimum atomic E-state index is -0.0661. The normalized spacial score (nSPS) is 20.2. The molecule has 0 bridgehead atoms. The smallest absolute Gasteiger partial charge is 0.272 e. The Balaban J connectivity index is 1.52. The average molecular weight is 380 g/mol. The summed E-state index contributed by atoms with van der Waals surface area (Å²) < 4.78 is 0. The highest BCUT2D eigenvalue weighted by Gasteiger charge is 2.32. The van der Waals surface area contributed by atoms with Gasteiger partial charge in [0.2, 0.25) is 5.91 Å². The SMILES string of the molecule is CNC(=O)C1CCN(C2CCN(C(=O)c3ncnc(Cl)c3C)CC2)CC1. The molecule has 0 radical (unpaired) electrons. The molecule has 1 aromatic rings. The molecule has 2 aliphatic heterocycles. The third kappa shape index (κ3) is 3.99. The van der Waals surface area contributed by atoms with E-state index in [-0.39, 0.29) is 17.7 Å². The predicted molar refractivity (Wildman–Crippen MR) is 99.1 cm³/mol. The number of piperidine rings is 2. The van der Waals surface area contributed by atoms with Crippen molar-refractivity contribution in [1.82, 2.24) is 25.1 Å². The number of aromatic nitrogens is 2. The molecule has 2 saturated heterocycles. The van der Waals surface area contributed by atoms with Gasteiger partial charge in [-0.05, 0) is 45.7 Å². The summed E-state index contributed by atoms with van der Waals surface area (Å²) >= 11 is 6.01. The molecule has 0 aliphatic carbocycles. The molecule has 8 heteroatoms. The van der Waals surface area contributed by atoms with Crippen LogP contribution in [0.15, 0.2) is 6.33 Å². The number of halogens is 1. The first-order valence-electron chi connectivity index (χ1n) is 9.23. The summed E-state index contributed by atoms with van der Waals surface area (Å²) in [6, 6.07) is 0.486. The molecular formula is C18H26ClN5O2. The number of hydrogen-bond acceptors (Lipinski definition) is 5. The molecule has 2 fully saturated rings. The van der Waals surface area contributed by atoms with Crippen LogP contribution in [-0.4, -0.2) is 70.9 Å². The summed E-state index contributed by atoms with van der Waals surface area (Å²) in [4.78, 5) is 36.9. The number of carbonyl (C=O) groups excluding carboxylic acids is 2. The lowest BCUT2D eigenvalue weighted by Gasteiger charge is -2.41. The fourth-order valence-electron chi connectivity index (χ4n) is 3.96. The number of nitrogens with zero attached hydrogens (tertiary/aromatic N) is 4. The standard InChI is InChI=1S/C18H26ClN5O2/c1-12-15(21-11-22-16(12)19)18(26)24-9-5-14(6-10-24)23-7-3-13(4-8-23)17(25)20-2/h11,13-14H,3-10H2,1-2H3,(H,20,25). The highest BCUT2D eigenvalue weighted by atomic mass is 35.5. The number of amides is 2. The monoisotopic (exact) mass is 379 g/mol. The summed E-state index contributed by atoms with van der Waals surface area (Å²) in [6.07, 6.45) is 5.07. The summed E-state index contributed by atoms with van der Waals surface area (Å²) in [5.74, 6) is 0.232. The van der Waals surface area contributed by atoms with Crippen LogP contribution in [-0.2, 0) is 4.79 Å². The lowest BCUT2D eigenvalue weighted by molar-refractivity contribution is -0.126. The highest BCUT2D eigenvalue weighted by molar-refractivity contribution is 6.30. The lowest BCUT2D eigenvalue weighted by atomic mass is 9.93. The van der Waals surface area contributed by atoms with Crippen LogP contribution >= 0.6 is 11.6 Å². The van der Waals surface area contributed by atoms with E-state index in [1.165, 1.54) is 6.33 Å². The van der Waals surface area contributed by atoms with Crippen LogP contribution in [0.25, 0.3) is 0 Å². The van der Waals surface area contributed by atoms with Gasteiger partial charge in [-0.2, -0.15) is 0 Å². The maximum atomic E-state index is 12.7. The van der Waals surface area contributed by atoms with E-state index in [9.17, 15) is 9.59 Å². The molecule has 0 saturated carbocycles. The first kappa shape index (κ1) is 19.0. The Morgan fingerprint density at radius 2 is 1.77 bits per heavy atom. The molecule has 0 unspecified atom stereocenters. The summed E-state index contributed by atoms with van der Waals surface area (Å²) in [7, 11) is 1.70. The van der Waals surface area contributed by atoms with E-state index >= 15 is 0 Å². The molecule has 7 nitrogen and oxygen atoms in total. The van der Waals surface area contributed by atoms with Crippen LogP contribution in [0.2, 0.25) is 5.15 Å². The van der Waals surface area contributed by atoms with Gasteiger partial charge in [0.25, 0.3) is 5.91 Å². The molecule has 3 rings (SSSR count). The van der Waals surface area contributed by atoms with Crippen molar-refractivity contribution in [2.45, 2.75) is 38.6 Å². The van der Waals surface area contributed by atoms with E-state index in [0.717, 1.165) is 51.9 Å². The minimum Gasteiger partial charge on any atom is -0.359 e. The first-order chi connectivity index (χ1) is 12.5. The highest BCUT2D eigenvalue weighted by Crippen LogP contribution is 2.25. The average Bonchev–Trinajstić information content (AvgIpc) is 2.69. The lowest BCUT2D eigenvalue weighted by Crippen LogP contribution is -2.50. The van der Waals surface area contributed by atoms with Crippen molar-refractivity contribution in [3.63, 3.8) is 0 Å². The van der Waals surface area contributed by atoms with Gasteiger partial charge in [0.05, 0.1) is 0 Å². The van der Waals surface area contributed by atoms with Crippen molar-refractivity contribution in [2.75, 3.05) is 33.2 Å². The first-order valence-corrected chi connectivity index (χ1v) is 9.61. The van der Waals surface area contributed by atoms with E-state index in [1.54, 1.807) is 14.0 Å².